The number of hydrogen-bond donors (Lipinski definition) is 3. The molecule has 0 bridgehead atoms. The quantitative estimate of drug-likeness (QED) is 0.757. The minimum Gasteiger partial charge on any atom is -0.495 e. The molecule has 0 aliphatic rings. The second-order valence-corrected chi connectivity index (χ2v) is 4.60. The molecule has 0 spiro atoms. The fourth-order valence-corrected chi connectivity index (χ4v) is 2.05. The van der Waals surface area contributed by atoms with E-state index >= 15 is 0 Å². The molecule has 2 aromatic carbocycles. The van der Waals surface area contributed by atoms with Crippen molar-refractivity contribution >= 4 is 34.6 Å². The third-order valence-corrected chi connectivity index (χ3v) is 3.00. The number of hydrogen-bond acceptors (Lipinski definition) is 3. The van der Waals surface area contributed by atoms with E-state index < -0.39 is 5.91 Å². The molecule has 1 amide bonds. The second kappa shape index (κ2) is 6.71. The number of nitrogens with two attached hydrogens (primary N) is 1. The molecule has 0 saturated heterocycles. The normalized spacial score (nSPS) is 9.76. The van der Waals surface area contributed by atoms with Crippen LogP contribution in [0.4, 0.5) is 11.4 Å². The Labute approximate surface area is 128 Å². The number of methoxy groups -OCH3 is 1. The smallest absolute Gasteiger partial charge is 0.250 e. The van der Waals surface area contributed by atoms with Crippen LogP contribution in [0.1, 0.15) is 10.4 Å². The number of primary amides is 1. The van der Waals surface area contributed by atoms with Gasteiger partial charge in [0.2, 0.25) is 0 Å². The average molecular weight is 301 g/mol. The SMILES string of the molecule is COc1ccccc1NC(=S)Nc1ccccc1C(N)=O. The zero-order valence-corrected chi connectivity index (χ0v) is 12.2. The average Bonchev–Trinajstić information content (AvgIpc) is 2.48. The van der Waals surface area contributed by atoms with Crippen molar-refractivity contribution in [1.82, 2.24) is 0 Å². The maximum atomic E-state index is 11.4. The maximum absolute atomic E-state index is 11.4. The minimum atomic E-state index is -0.516. The van der Waals surface area contributed by atoms with Crippen LogP contribution in [0.3, 0.4) is 0 Å². The fourth-order valence-electron chi connectivity index (χ4n) is 1.83. The lowest BCUT2D eigenvalue weighted by Gasteiger charge is -2.14. The predicted octanol–water partition coefficient (Wildman–Crippen LogP) is 2.60. The van der Waals surface area contributed by atoms with E-state index in [0.717, 1.165) is 5.69 Å². The molecule has 21 heavy (non-hydrogen) atoms. The summed E-state index contributed by atoms with van der Waals surface area (Å²) in [5.74, 6) is 0.156. The number of ether oxygens (including phenoxy) is 1. The first-order valence-corrected chi connectivity index (χ1v) is 6.62. The minimum absolute atomic E-state index is 0.341. The molecule has 0 heterocycles. The van der Waals surface area contributed by atoms with Crippen LogP contribution in [-0.4, -0.2) is 18.1 Å². The highest BCUT2D eigenvalue weighted by Gasteiger charge is 2.09. The summed E-state index contributed by atoms with van der Waals surface area (Å²) in [6, 6.07) is 14.3. The Kier molecular flexibility index (Phi) is 4.73. The van der Waals surface area contributed by atoms with Gasteiger partial charge in [0.25, 0.3) is 5.91 Å². The van der Waals surface area contributed by atoms with Crippen LogP contribution in [0.25, 0.3) is 0 Å². The molecule has 2 rings (SSSR count). The van der Waals surface area contributed by atoms with Crippen molar-refractivity contribution in [3.8, 4) is 5.75 Å². The second-order valence-electron chi connectivity index (χ2n) is 4.19. The van der Waals surface area contributed by atoms with Crippen LogP contribution >= 0.6 is 12.2 Å². The molecular weight excluding hydrogens is 286 g/mol. The van der Waals surface area contributed by atoms with Gasteiger partial charge in [-0.15, -0.1) is 0 Å². The number of carbonyl (C=O) groups is 1. The molecular formula is C15H15N3O2S. The number of benzene rings is 2. The Morgan fingerprint density at radius 3 is 2.29 bits per heavy atom. The van der Waals surface area contributed by atoms with E-state index in [1.54, 1.807) is 31.4 Å². The van der Waals surface area contributed by atoms with Gasteiger partial charge in [0.15, 0.2) is 5.11 Å². The number of rotatable bonds is 4. The number of para-hydroxylation sites is 3. The van der Waals surface area contributed by atoms with E-state index in [4.69, 9.17) is 22.7 Å². The Bertz CT molecular complexity index is 673. The van der Waals surface area contributed by atoms with Gasteiger partial charge in [-0.25, -0.2) is 0 Å². The highest BCUT2D eigenvalue weighted by Crippen LogP contribution is 2.23. The molecule has 0 aliphatic carbocycles. The van der Waals surface area contributed by atoms with Gasteiger partial charge >= 0.3 is 0 Å². The molecule has 2 aromatic rings. The van der Waals surface area contributed by atoms with Crippen LogP contribution in [0.5, 0.6) is 5.75 Å². The Morgan fingerprint density at radius 1 is 1.05 bits per heavy atom. The van der Waals surface area contributed by atoms with Crippen LogP contribution in [0, 0.1) is 0 Å². The summed E-state index contributed by atoms with van der Waals surface area (Å²) in [6.07, 6.45) is 0. The topological polar surface area (TPSA) is 76.4 Å². The van der Waals surface area contributed by atoms with Crippen molar-refractivity contribution < 1.29 is 9.53 Å². The van der Waals surface area contributed by atoms with Crippen molar-refractivity contribution in [2.45, 2.75) is 0 Å². The van der Waals surface area contributed by atoms with Crippen molar-refractivity contribution in [3.63, 3.8) is 0 Å². The van der Waals surface area contributed by atoms with E-state index in [1.165, 1.54) is 0 Å². The van der Waals surface area contributed by atoms with Crippen LogP contribution in [0.15, 0.2) is 48.5 Å². The van der Waals surface area contributed by atoms with Gasteiger partial charge in [-0.3, -0.25) is 4.79 Å². The highest BCUT2D eigenvalue weighted by atomic mass is 32.1. The summed E-state index contributed by atoms with van der Waals surface area (Å²) in [5.41, 5.74) is 6.99. The molecule has 0 fully saturated rings. The van der Waals surface area contributed by atoms with Gasteiger partial charge in [-0.05, 0) is 36.5 Å². The van der Waals surface area contributed by atoms with E-state index in [2.05, 4.69) is 10.6 Å². The monoisotopic (exact) mass is 301 g/mol. The molecule has 108 valence electrons. The zero-order valence-electron chi connectivity index (χ0n) is 11.4. The van der Waals surface area contributed by atoms with Gasteiger partial charge in [0, 0.05) is 0 Å². The van der Waals surface area contributed by atoms with Gasteiger partial charge in [0.05, 0.1) is 24.0 Å². The van der Waals surface area contributed by atoms with Gasteiger partial charge < -0.3 is 21.1 Å². The van der Waals surface area contributed by atoms with Crippen molar-refractivity contribution in [2.24, 2.45) is 5.73 Å². The maximum Gasteiger partial charge on any atom is 0.250 e. The lowest BCUT2D eigenvalue weighted by molar-refractivity contribution is 0.100. The standard InChI is InChI=1S/C15H15N3O2S/c1-20-13-9-5-4-8-12(13)18-15(21)17-11-7-3-2-6-10(11)14(16)19/h2-9H,1H3,(H2,16,19)(H2,17,18,21). The first kappa shape index (κ1) is 14.8. The molecule has 0 atom stereocenters. The lowest BCUT2D eigenvalue weighted by atomic mass is 10.1. The summed E-state index contributed by atoms with van der Waals surface area (Å²) in [6.45, 7) is 0. The van der Waals surface area contributed by atoms with Gasteiger partial charge in [-0.1, -0.05) is 24.3 Å². The molecule has 0 aliphatic heterocycles. The van der Waals surface area contributed by atoms with E-state index in [0.29, 0.717) is 22.1 Å². The molecule has 0 saturated carbocycles. The van der Waals surface area contributed by atoms with E-state index in [9.17, 15) is 4.79 Å². The Balaban J connectivity index is 2.14. The number of carbonyl (C=O) groups excluding carboxylic acids is 1. The summed E-state index contributed by atoms with van der Waals surface area (Å²) >= 11 is 5.24. The number of nitrogens with one attached hydrogen (secondary N) is 2. The first-order chi connectivity index (χ1) is 10.1. The van der Waals surface area contributed by atoms with Gasteiger partial charge in [-0.2, -0.15) is 0 Å². The van der Waals surface area contributed by atoms with E-state index in [1.807, 2.05) is 24.3 Å². The van der Waals surface area contributed by atoms with Crippen LogP contribution in [0.2, 0.25) is 0 Å². The summed E-state index contributed by atoms with van der Waals surface area (Å²) < 4.78 is 5.23. The predicted molar refractivity (Wildman–Crippen MR) is 87.8 cm³/mol. The van der Waals surface area contributed by atoms with Gasteiger partial charge in [0.1, 0.15) is 5.75 Å². The van der Waals surface area contributed by atoms with Crippen LogP contribution in [-0.2, 0) is 0 Å². The summed E-state index contributed by atoms with van der Waals surface area (Å²) in [7, 11) is 1.58. The molecule has 5 nitrogen and oxygen atoms in total. The zero-order chi connectivity index (χ0) is 15.2. The van der Waals surface area contributed by atoms with Crippen molar-refractivity contribution in [3.05, 3.63) is 54.1 Å². The first-order valence-electron chi connectivity index (χ1n) is 6.21. The third kappa shape index (κ3) is 3.70. The van der Waals surface area contributed by atoms with Crippen molar-refractivity contribution in [2.75, 3.05) is 17.7 Å². The fraction of sp³-hybridized carbons (Fsp3) is 0.0667. The number of anilines is 2. The van der Waals surface area contributed by atoms with E-state index in [-0.39, 0.29) is 0 Å². The number of thiocarbonyl (C=S) groups is 1. The molecule has 0 radical (unpaired) electrons. The summed E-state index contributed by atoms with van der Waals surface area (Å²) in [5, 5.41) is 6.32. The molecule has 0 unspecified atom stereocenters. The van der Waals surface area contributed by atoms with Crippen molar-refractivity contribution in [1.29, 1.82) is 0 Å². The highest BCUT2D eigenvalue weighted by molar-refractivity contribution is 7.80. The Morgan fingerprint density at radius 2 is 1.62 bits per heavy atom. The molecule has 6 heteroatoms. The molecule has 0 aromatic heterocycles. The largest absolute Gasteiger partial charge is 0.495 e. The van der Waals surface area contributed by atoms with Crippen LogP contribution < -0.4 is 21.1 Å². The summed E-state index contributed by atoms with van der Waals surface area (Å²) in [4.78, 5) is 11.4. The number of amides is 1. The lowest BCUT2D eigenvalue weighted by Crippen LogP contribution is -2.22. The third-order valence-electron chi connectivity index (χ3n) is 2.80. The molecule has 4 N–H and O–H groups in total. The Hall–Kier alpha value is -2.60.